The molecule has 0 fully saturated rings. The van der Waals surface area contributed by atoms with E-state index < -0.39 is 0 Å². The Labute approximate surface area is 186 Å². The van der Waals surface area contributed by atoms with Gasteiger partial charge in [0.25, 0.3) is 0 Å². The van der Waals surface area contributed by atoms with E-state index in [1.165, 1.54) is 39.0 Å². The molecular weight excluding hydrogens is 376 g/mol. The molecule has 0 saturated heterocycles. The monoisotopic (exact) mass is 407 g/mol. The number of pyridine rings is 1. The predicted molar refractivity (Wildman–Crippen MR) is 134 cm³/mol. The summed E-state index contributed by atoms with van der Waals surface area (Å²) >= 11 is 0. The average Bonchev–Trinajstić information content (AvgIpc) is 2.83. The second-order valence-corrected chi connectivity index (χ2v) is 7.73. The molecule has 4 rings (SSSR count). The van der Waals surface area contributed by atoms with Crippen molar-refractivity contribution in [3.05, 3.63) is 107 Å². The van der Waals surface area contributed by atoms with Crippen molar-refractivity contribution in [2.45, 2.75) is 33.7 Å². The predicted octanol–water partition coefficient (Wildman–Crippen LogP) is 6.93. The van der Waals surface area contributed by atoms with Crippen LogP contribution in [-0.4, -0.2) is 6.54 Å². The molecular formula is C29H31N2+. The molecule has 2 heterocycles. The number of anilines is 1. The second kappa shape index (κ2) is 9.61. The van der Waals surface area contributed by atoms with Crippen molar-refractivity contribution in [1.82, 2.24) is 0 Å². The molecule has 0 unspecified atom stereocenters. The number of benzene rings is 2. The van der Waals surface area contributed by atoms with Crippen LogP contribution in [0.25, 0.3) is 23.1 Å². The highest BCUT2D eigenvalue weighted by atomic mass is 15.1. The molecule has 0 atom stereocenters. The van der Waals surface area contributed by atoms with Crippen LogP contribution in [0, 0.1) is 0 Å². The van der Waals surface area contributed by atoms with Gasteiger partial charge in [-0.15, -0.1) is 0 Å². The number of para-hydroxylation sites is 2. The third kappa shape index (κ3) is 4.39. The van der Waals surface area contributed by atoms with E-state index in [-0.39, 0.29) is 0 Å². The quantitative estimate of drug-likeness (QED) is 0.317. The minimum atomic E-state index is 0.950. The summed E-state index contributed by atoms with van der Waals surface area (Å²) in [5.74, 6) is 0. The van der Waals surface area contributed by atoms with E-state index in [9.17, 15) is 0 Å². The van der Waals surface area contributed by atoms with Gasteiger partial charge in [0.15, 0.2) is 6.20 Å². The molecule has 2 aromatic carbocycles. The fraction of sp³-hybridized carbons (Fsp3) is 0.207. The van der Waals surface area contributed by atoms with E-state index in [0.29, 0.717) is 0 Å². The van der Waals surface area contributed by atoms with Crippen molar-refractivity contribution >= 4 is 28.7 Å². The van der Waals surface area contributed by atoms with Crippen molar-refractivity contribution in [2.24, 2.45) is 0 Å². The van der Waals surface area contributed by atoms with Gasteiger partial charge in [0.05, 0.1) is 5.39 Å². The molecule has 1 aliphatic rings. The molecule has 156 valence electrons. The van der Waals surface area contributed by atoms with Crippen molar-refractivity contribution in [3.63, 3.8) is 0 Å². The van der Waals surface area contributed by atoms with Crippen LogP contribution >= 0.6 is 0 Å². The van der Waals surface area contributed by atoms with E-state index >= 15 is 0 Å². The minimum Gasteiger partial charge on any atom is -0.341 e. The maximum atomic E-state index is 2.37. The van der Waals surface area contributed by atoms with E-state index in [4.69, 9.17) is 0 Å². The molecule has 0 bridgehead atoms. The first kappa shape index (κ1) is 20.9. The topological polar surface area (TPSA) is 7.12 Å². The van der Waals surface area contributed by atoms with Gasteiger partial charge in [-0.1, -0.05) is 61.6 Å². The lowest BCUT2D eigenvalue weighted by molar-refractivity contribution is -0.667. The molecule has 31 heavy (non-hydrogen) atoms. The molecule has 1 aromatic heterocycles. The second-order valence-electron chi connectivity index (χ2n) is 7.73. The molecule has 0 spiro atoms. The third-order valence-electron chi connectivity index (χ3n) is 5.94. The Morgan fingerprint density at radius 3 is 2.55 bits per heavy atom. The Bertz CT molecular complexity index is 1190. The summed E-state index contributed by atoms with van der Waals surface area (Å²) in [5.41, 5.74) is 7.64. The molecule has 2 heteroatoms. The highest BCUT2D eigenvalue weighted by Crippen LogP contribution is 2.30. The highest BCUT2D eigenvalue weighted by Gasteiger charge is 2.14. The smallest absolute Gasteiger partial charge is 0.213 e. The first-order valence-corrected chi connectivity index (χ1v) is 11.3. The summed E-state index contributed by atoms with van der Waals surface area (Å²) in [7, 11) is 0. The van der Waals surface area contributed by atoms with Gasteiger partial charge in [0.2, 0.25) is 5.52 Å². The van der Waals surface area contributed by atoms with Gasteiger partial charge < -0.3 is 4.90 Å². The number of aromatic nitrogens is 1. The Morgan fingerprint density at radius 2 is 1.74 bits per heavy atom. The molecule has 1 aliphatic heterocycles. The Balaban J connectivity index is 1.63. The van der Waals surface area contributed by atoms with Crippen molar-refractivity contribution < 1.29 is 4.57 Å². The summed E-state index contributed by atoms with van der Waals surface area (Å²) in [4.78, 5) is 2.37. The number of hydrogen-bond acceptors (Lipinski definition) is 1. The average molecular weight is 408 g/mol. The fourth-order valence-electron chi connectivity index (χ4n) is 4.19. The first-order valence-electron chi connectivity index (χ1n) is 11.3. The third-order valence-corrected chi connectivity index (χ3v) is 5.94. The number of allylic oxidation sites excluding steroid dienone is 5. The summed E-state index contributed by atoms with van der Waals surface area (Å²) in [6.45, 7) is 8.53. The maximum absolute atomic E-state index is 2.37. The standard InChI is InChI=1S/C29H31N2/c1-4-23(15-17-24-21-22-30(5-2)29-14-10-8-12-27(24)29)16-19-26-20-18-25-11-7-9-13-28(25)31(26)6-3/h7-22H,4-6H2,1-3H3/q+1. The SMILES string of the molecule is CCC(C=Cc1cc[n+](CC)c2ccccc12)=CC=C1C=Cc2ccccc2N1CC. The van der Waals surface area contributed by atoms with E-state index in [1.54, 1.807) is 0 Å². The lowest BCUT2D eigenvalue weighted by Gasteiger charge is -2.29. The molecule has 0 N–H and O–H groups in total. The van der Waals surface area contributed by atoms with Crippen LogP contribution < -0.4 is 9.47 Å². The van der Waals surface area contributed by atoms with Crippen LogP contribution in [0.4, 0.5) is 5.69 Å². The Kier molecular flexibility index (Phi) is 6.47. The lowest BCUT2D eigenvalue weighted by atomic mass is 10.0. The van der Waals surface area contributed by atoms with E-state index in [2.05, 4.69) is 127 Å². The van der Waals surface area contributed by atoms with Crippen molar-refractivity contribution in [3.8, 4) is 0 Å². The van der Waals surface area contributed by atoms with Gasteiger partial charge in [-0.3, -0.25) is 0 Å². The minimum absolute atomic E-state index is 0.950. The summed E-state index contributed by atoms with van der Waals surface area (Å²) < 4.78 is 2.29. The highest BCUT2D eigenvalue weighted by molar-refractivity contribution is 5.85. The van der Waals surface area contributed by atoms with Gasteiger partial charge in [0.1, 0.15) is 6.54 Å². The zero-order valence-electron chi connectivity index (χ0n) is 18.8. The number of hydrogen-bond donors (Lipinski definition) is 0. The normalized spacial score (nSPS) is 15.3. The van der Waals surface area contributed by atoms with Crippen LogP contribution in [0.15, 0.2) is 96.4 Å². The van der Waals surface area contributed by atoms with Gasteiger partial charge in [-0.2, -0.15) is 4.57 Å². The lowest BCUT2D eigenvalue weighted by Crippen LogP contribution is -2.32. The maximum Gasteiger partial charge on any atom is 0.213 e. The van der Waals surface area contributed by atoms with Crippen LogP contribution in [0.3, 0.4) is 0 Å². The van der Waals surface area contributed by atoms with Gasteiger partial charge in [-0.25, -0.2) is 0 Å². The summed E-state index contributed by atoms with van der Waals surface area (Å²) in [6, 6.07) is 19.4. The zero-order chi connectivity index (χ0) is 21.6. The summed E-state index contributed by atoms with van der Waals surface area (Å²) in [6.07, 6.45) is 16.6. The number of fused-ring (bicyclic) bond motifs is 2. The fourth-order valence-corrected chi connectivity index (χ4v) is 4.19. The first-order chi connectivity index (χ1) is 15.2. The zero-order valence-corrected chi connectivity index (χ0v) is 18.8. The van der Waals surface area contributed by atoms with Gasteiger partial charge in [-0.05, 0) is 61.3 Å². The van der Waals surface area contributed by atoms with Crippen LogP contribution in [0.5, 0.6) is 0 Å². The molecule has 2 nitrogen and oxygen atoms in total. The number of rotatable bonds is 6. The molecule has 0 amide bonds. The van der Waals surface area contributed by atoms with E-state index in [0.717, 1.165) is 19.5 Å². The molecule has 3 aromatic rings. The van der Waals surface area contributed by atoms with Gasteiger partial charge >= 0.3 is 0 Å². The van der Waals surface area contributed by atoms with E-state index in [1.807, 2.05) is 0 Å². The largest absolute Gasteiger partial charge is 0.341 e. The van der Waals surface area contributed by atoms with Crippen molar-refractivity contribution in [1.29, 1.82) is 0 Å². The van der Waals surface area contributed by atoms with Crippen LogP contribution in [0.1, 0.15) is 38.3 Å². The van der Waals surface area contributed by atoms with Gasteiger partial charge in [0, 0.05) is 30.1 Å². The Hall–Kier alpha value is -3.39. The molecule has 0 radical (unpaired) electrons. The number of likely N-dealkylation sites (N-methyl/N-ethyl adjacent to an activating group) is 1. The van der Waals surface area contributed by atoms with Crippen LogP contribution in [0.2, 0.25) is 0 Å². The number of aryl methyl sites for hydroxylation is 1. The van der Waals surface area contributed by atoms with Crippen molar-refractivity contribution in [2.75, 3.05) is 11.4 Å². The van der Waals surface area contributed by atoms with Crippen LogP contribution in [-0.2, 0) is 6.54 Å². The molecule has 0 aliphatic carbocycles. The number of nitrogens with zero attached hydrogens (tertiary/aromatic N) is 2. The molecule has 0 saturated carbocycles. The summed E-state index contributed by atoms with van der Waals surface area (Å²) in [5, 5.41) is 1.29. The Morgan fingerprint density at radius 1 is 0.935 bits per heavy atom.